The number of carbonyl (C=O) groups is 3. The molecule has 2 aliphatic rings. The van der Waals surface area contributed by atoms with E-state index >= 15 is 0 Å². The molecule has 2 aromatic heterocycles. The van der Waals surface area contributed by atoms with Gasteiger partial charge in [0.15, 0.2) is 0 Å². The van der Waals surface area contributed by atoms with Crippen LogP contribution in [-0.2, 0) is 27.1 Å². The molecule has 210 valence electrons. The molecule has 1 saturated heterocycles. The number of hydrogen-bond donors (Lipinski definition) is 1. The van der Waals surface area contributed by atoms with Crippen LogP contribution in [0.15, 0.2) is 75.9 Å². The van der Waals surface area contributed by atoms with E-state index < -0.39 is 51.4 Å². The summed E-state index contributed by atoms with van der Waals surface area (Å²) in [5.74, 6) is -3.32. The Morgan fingerprint density at radius 3 is 2.49 bits per heavy atom. The fourth-order valence-corrected chi connectivity index (χ4v) is 8.89. The van der Waals surface area contributed by atoms with E-state index in [1.807, 2.05) is 18.4 Å². The molecular weight excluding hydrogens is 596 g/mol. The smallest absolute Gasteiger partial charge is 0.325 e. The van der Waals surface area contributed by atoms with Gasteiger partial charge in [0, 0.05) is 21.4 Å². The number of thioether (sulfide) groups is 1. The highest BCUT2D eigenvalue weighted by atomic mass is 32.2. The lowest BCUT2D eigenvalue weighted by Crippen LogP contribution is -2.32. The lowest BCUT2D eigenvalue weighted by atomic mass is 9.87. The van der Waals surface area contributed by atoms with Gasteiger partial charge in [-0.25, -0.2) is 4.90 Å². The maximum Gasteiger partial charge on any atom is 0.416 e. The average Bonchev–Trinajstić information content (AvgIpc) is 3.61. The Labute approximate surface area is 243 Å². The van der Waals surface area contributed by atoms with Crippen LogP contribution in [0.1, 0.15) is 26.8 Å². The number of benzene rings is 2. The summed E-state index contributed by atoms with van der Waals surface area (Å²) in [5.41, 5.74) is 0.390. The lowest BCUT2D eigenvalue weighted by molar-refractivity contribution is -0.137. The molecule has 4 heterocycles. The first kappa shape index (κ1) is 27.5. The number of halogens is 3. The Morgan fingerprint density at radius 1 is 1.00 bits per heavy atom. The van der Waals surface area contributed by atoms with E-state index in [2.05, 4.69) is 5.32 Å². The summed E-state index contributed by atoms with van der Waals surface area (Å²) >= 11 is 3.28. The molecule has 0 saturated carbocycles. The summed E-state index contributed by atoms with van der Waals surface area (Å²) < 4.78 is 41.6. The quantitative estimate of drug-likeness (QED) is 0.290. The highest BCUT2D eigenvalue weighted by Crippen LogP contribution is 2.54. The minimum absolute atomic E-state index is 0.159. The minimum Gasteiger partial charge on any atom is -0.325 e. The van der Waals surface area contributed by atoms with Crippen LogP contribution < -0.4 is 15.1 Å². The van der Waals surface area contributed by atoms with Crippen molar-refractivity contribution in [1.82, 2.24) is 4.57 Å². The molecule has 0 bridgehead atoms. The van der Waals surface area contributed by atoms with Crippen molar-refractivity contribution in [3.63, 3.8) is 0 Å². The van der Waals surface area contributed by atoms with Gasteiger partial charge in [0.1, 0.15) is 11.8 Å². The van der Waals surface area contributed by atoms with Gasteiger partial charge in [-0.2, -0.15) is 13.2 Å². The van der Waals surface area contributed by atoms with Crippen LogP contribution in [0, 0.1) is 12.8 Å². The standard InChI is InChI=1S/C28H20F3N3O4S3/c1-14-5-2-7-16(11-14)32-19(35)13-33-26-23(41-27(33)38)20(18-9-4-10-39-18)21-22(40-26)25(37)34(24(21)36)17-8-3-6-15(12-17)28(29,30)31/h2-12,20-22H,13H2,1H3,(H,32,35)/t20-,21-,22+/m0/s1. The normalized spacial score (nSPS) is 20.2. The summed E-state index contributed by atoms with van der Waals surface area (Å²) in [6.45, 7) is 1.58. The third kappa shape index (κ3) is 4.91. The highest BCUT2D eigenvalue weighted by Gasteiger charge is 2.57. The Morgan fingerprint density at radius 2 is 1.78 bits per heavy atom. The monoisotopic (exact) mass is 615 g/mol. The van der Waals surface area contributed by atoms with E-state index in [9.17, 15) is 32.3 Å². The first-order valence-electron chi connectivity index (χ1n) is 12.4. The number of thiazole rings is 1. The zero-order valence-electron chi connectivity index (χ0n) is 21.2. The number of thiophene rings is 1. The van der Waals surface area contributed by atoms with Gasteiger partial charge in [-0.05, 0) is 54.3 Å². The number of carbonyl (C=O) groups excluding carboxylic acids is 3. The molecule has 0 spiro atoms. The van der Waals surface area contributed by atoms with Gasteiger partial charge < -0.3 is 5.32 Å². The van der Waals surface area contributed by atoms with E-state index in [-0.39, 0.29) is 12.2 Å². The minimum atomic E-state index is -4.65. The van der Waals surface area contributed by atoms with Crippen molar-refractivity contribution in [2.45, 2.75) is 35.8 Å². The molecule has 7 nitrogen and oxygen atoms in total. The summed E-state index contributed by atoms with van der Waals surface area (Å²) in [7, 11) is 0. The van der Waals surface area contributed by atoms with Crippen LogP contribution >= 0.6 is 34.4 Å². The topological polar surface area (TPSA) is 88.5 Å². The number of alkyl halides is 3. The molecule has 0 radical (unpaired) electrons. The Bertz CT molecular complexity index is 1750. The van der Waals surface area contributed by atoms with Crippen LogP contribution in [0.25, 0.3) is 0 Å². The molecule has 0 aliphatic carbocycles. The molecule has 0 unspecified atom stereocenters. The third-order valence-electron chi connectivity index (χ3n) is 6.93. The van der Waals surface area contributed by atoms with Gasteiger partial charge in [-0.1, -0.05) is 47.4 Å². The highest BCUT2D eigenvalue weighted by molar-refractivity contribution is 8.00. The number of fused-ring (bicyclic) bond motifs is 2. The van der Waals surface area contributed by atoms with Crippen molar-refractivity contribution in [3.8, 4) is 0 Å². The predicted octanol–water partition coefficient (Wildman–Crippen LogP) is 5.73. The average molecular weight is 616 g/mol. The van der Waals surface area contributed by atoms with Crippen LogP contribution in [-0.4, -0.2) is 27.5 Å². The number of anilines is 2. The lowest BCUT2D eigenvalue weighted by Gasteiger charge is -2.29. The Kier molecular flexibility index (Phi) is 6.91. The molecule has 4 aromatic rings. The second kappa shape index (κ2) is 10.3. The van der Waals surface area contributed by atoms with Crippen LogP contribution in [0.3, 0.4) is 0 Å². The Balaban J connectivity index is 1.38. The molecular formula is C28H20F3N3O4S3. The predicted molar refractivity (Wildman–Crippen MR) is 152 cm³/mol. The fourth-order valence-electron chi connectivity index (χ4n) is 5.17. The largest absolute Gasteiger partial charge is 0.416 e. The molecule has 1 fully saturated rings. The maximum absolute atomic E-state index is 13.8. The SMILES string of the molecule is Cc1cccc(NC(=O)Cn2c3c(sc2=O)[C@@H](c2cccs2)[C@@H]2C(=O)N(c4cccc(C(F)(F)F)c4)C(=O)[C@@H]2S3)c1. The van der Waals surface area contributed by atoms with Gasteiger partial charge in [-0.3, -0.25) is 23.7 Å². The second-order valence-corrected chi connectivity index (χ2v) is 12.8. The molecule has 3 amide bonds. The molecule has 41 heavy (non-hydrogen) atoms. The molecule has 1 N–H and O–H groups in total. The van der Waals surface area contributed by atoms with Gasteiger partial charge in [0.05, 0.1) is 22.2 Å². The number of nitrogens with zero attached hydrogens (tertiary/aromatic N) is 2. The molecule has 13 heteroatoms. The molecule has 6 rings (SSSR count). The fraction of sp³-hybridized carbons (Fsp3) is 0.214. The zero-order chi connectivity index (χ0) is 29.1. The number of amides is 3. The maximum atomic E-state index is 13.8. The van der Waals surface area contributed by atoms with E-state index in [4.69, 9.17) is 0 Å². The first-order valence-corrected chi connectivity index (χ1v) is 15.0. The van der Waals surface area contributed by atoms with Crippen molar-refractivity contribution in [1.29, 1.82) is 0 Å². The van der Waals surface area contributed by atoms with Gasteiger partial charge in [0.2, 0.25) is 17.7 Å². The molecule has 3 atom stereocenters. The molecule has 2 aliphatic heterocycles. The summed E-state index contributed by atoms with van der Waals surface area (Å²) in [6.07, 6.45) is -4.65. The van der Waals surface area contributed by atoms with E-state index in [1.54, 1.807) is 30.3 Å². The van der Waals surface area contributed by atoms with Gasteiger partial charge in [0.25, 0.3) is 0 Å². The molecule has 2 aromatic carbocycles. The number of hydrogen-bond acceptors (Lipinski definition) is 7. The van der Waals surface area contributed by atoms with Crippen molar-refractivity contribution in [3.05, 3.63) is 96.6 Å². The van der Waals surface area contributed by atoms with E-state index in [0.717, 1.165) is 56.6 Å². The number of rotatable bonds is 5. The number of aromatic nitrogens is 1. The second-order valence-electron chi connectivity index (χ2n) is 9.66. The first-order chi connectivity index (χ1) is 19.5. The van der Waals surface area contributed by atoms with Crippen LogP contribution in [0.4, 0.5) is 24.5 Å². The van der Waals surface area contributed by atoms with Crippen LogP contribution in [0.2, 0.25) is 0 Å². The van der Waals surface area contributed by atoms with Gasteiger partial charge >= 0.3 is 11.0 Å². The van der Waals surface area contributed by atoms with Crippen molar-refractivity contribution in [2.75, 3.05) is 10.2 Å². The van der Waals surface area contributed by atoms with E-state index in [1.165, 1.54) is 22.0 Å². The number of aryl methyl sites for hydroxylation is 1. The van der Waals surface area contributed by atoms with Gasteiger partial charge in [-0.15, -0.1) is 11.3 Å². The number of nitrogens with one attached hydrogen (secondary N) is 1. The van der Waals surface area contributed by atoms with Crippen molar-refractivity contribution < 1.29 is 27.6 Å². The zero-order valence-corrected chi connectivity index (χ0v) is 23.6. The Hall–Kier alpha value is -3.68. The summed E-state index contributed by atoms with van der Waals surface area (Å²) in [4.78, 5) is 55.3. The summed E-state index contributed by atoms with van der Waals surface area (Å²) in [6, 6.07) is 14.9. The summed E-state index contributed by atoms with van der Waals surface area (Å²) in [5, 5.41) is 4.01. The third-order valence-corrected chi connectivity index (χ3v) is 10.5. The van der Waals surface area contributed by atoms with Crippen molar-refractivity contribution >= 4 is 63.5 Å². The van der Waals surface area contributed by atoms with Crippen molar-refractivity contribution in [2.24, 2.45) is 5.92 Å². The number of imide groups is 1. The van der Waals surface area contributed by atoms with Crippen LogP contribution in [0.5, 0.6) is 0 Å². The van der Waals surface area contributed by atoms with E-state index in [0.29, 0.717) is 15.6 Å².